The average molecular weight is 182 g/mol. The number of rotatable bonds is 1. The predicted molar refractivity (Wildman–Crippen MR) is 52.8 cm³/mol. The van der Waals surface area contributed by atoms with Crippen molar-refractivity contribution in [3.63, 3.8) is 0 Å². The van der Waals surface area contributed by atoms with Crippen molar-refractivity contribution in [3.8, 4) is 0 Å². The van der Waals surface area contributed by atoms with E-state index in [0.29, 0.717) is 5.92 Å². The van der Waals surface area contributed by atoms with Crippen molar-refractivity contribution in [3.05, 3.63) is 17.5 Å². The Balaban J connectivity index is 0.000000396. The van der Waals surface area contributed by atoms with Crippen LogP contribution in [0.5, 0.6) is 0 Å². The van der Waals surface area contributed by atoms with Gasteiger partial charge in [-0.2, -0.15) is 5.10 Å². The van der Waals surface area contributed by atoms with E-state index >= 15 is 0 Å². The van der Waals surface area contributed by atoms with Gasteiger partial charge < -0.3 is 4.74 Å². The highest BCUT2D eigenvalue weighted by atomic mass is 16.5. The van der Waals surface area contributed by atoms with Crippen LogP contribution in [0.15, 0.2) is 6.07 Å². The minimum Gasteiger partial charge on any atom is -0.381 e. The molecule has 0 spiro atoms. The molecule has 1 aliphatic heterocycles. The Morgan fingerprint density at radius 2 is 2.31 bits per heavy atom. The quantitative estimate of drug-likeness (QED) is 0.723. The molecule has 3 nitrogen and oxygen atoms in total. The molecule has 0 amide bonds. The summed E-state index contributed by atoms with van der Waals surface area (Å²) in [5, 5.41) is 7.13. The van der Waals surface area contributed by atoms with Gasteiger partial charge in [0.2, 0.25) is 0 Å². The maximum Gasteiger partial charge on any atom is 0.0679 e. The molecule has 1 saturated heterocycles. The van der Waals surface area contributed by atoms with Crippen LogP contribution in [-0.4, -0.2) is 23.4 Å². The van der Waals surface area contributed by atoms with Gasteiger partial charge in [0.15, 0.2) is 0 Å². The normalized spacial score (nSPS) is 21.0. The Morgan fingerprint density at radius 3 is 2.77 bits per heavy atom. The number of H-pyrrole nitrogens is 1. The highest BCUT2D eigenvalue weighted by Crippen LogP contribution is 2.23. The first-order valence-corrected chi connectivity index (χ1v) is 4.96. The van der Waals surface area contributed by atoms with Crippen LogP contribution in [0.3, 0.4) is 0 Å². The van der Waals surface area contributed by atoms with Gasteiger partial charge in [-0.25, -0.2) is 0 Å². The molecule has 1 aromatic rings. The number of hydrogen-bond acceptors (Lipinski definition) is 2. The molecule has 0 radical (unpaired) electrons. The van der Waals surface area contributed by atoms with E-state index < -0.39 is 0 Å². The Labute approximate surface area is 79.5 Å². The number of nitrogens with one attached hydrogen (secondary N) is 1. The van der Waals surface area contributed by atoms with Gasteiger partial charge in [0, 0.05) is 18.2 Å². The van der Waals surface area contributed by atoms with E-state index in [9.17, 15) is 0 Å². The zero-order chi connectivity index (χ0) is 9.68. The zero-order valence-corrected chi connectivity index (χ0v) is 8.63. The number of nitrogens with zero attached hydrogens (tertiary/aromatic N) is 1. The van der Waals surface area contributed by atoms with Gasteiger partial charge in [-0.3, -0.25) is 5.10 Å². The van der Waals surface area contributed by atoms with Crippen molar-refractivity contribution in [2.45, 2.75) is 33.1 Å². The molecule has 1 aliphatic rings. The zero-order valence-electron chi connectivity index (χ0n) is 8.63. The molecule has 0 bridgehead atoms. The van der Waals surface area contributed by atoms with Gasteiger partial charge in [0.05, 0.1) is 12.3 Å². The first kappa shape index (κ1) is 10.3. The topological polar surface area (TPSA) is 37.9 Å². The fourth-order valence-electron chi connectivity index (χ4n) is 1.42. The van der Waals surface area contributed by atoms with Crippen LogP contribution < -0.4 is 0 Å². The van der Waals surface area contributed by atoms with E-state index in [-0.39, 0.29) is 0 Å². The average Bonchev–Trinajstić information content (AvgIpc) is 2.77. The molecule has 0 saturated carbocycles. The molecule has 2 heterocycles. The molecule has 74 valence electrons. The van der Waals surface area contributed by atoms with E-state index in [1.165, 1.54) is 0 Å². The van der Waals surface area contributed by atoms with E-state index in [1.54, 1.807) is 0 Å². The van der Waals surface area contributed by atoms with E-state index in [1.807, 2.05) is 20.8 Å². The van der Waals surface area contributed by atoms with Gasteiger partial charge in [-0.05, 0) is 19.4 Å². The summed E-state index contributed by atoms with van der Waals surface area (Å²) in [5.41, 5.74) is 2.28. The number of ether oxygens (including phenoxy) is 1. The van der Waals surface area contributed by atoms with Gasteiger partial charge in [0.1, 0.15) is 0 Å². The summed E-state index contributed by atoms with van der Waals surface area (Å²) in [6.45, 7) is 7.74. The molecule has 0 aliphatic carbocycles. The molecule has 13 heavy (non-hydrogen) atoms. The van der Waals surface area contributed by atoms with Crippen LogP contribution in [0.4, 0.5) is 0 Å². The Hall–Kier alpha value is -0.830. The summed E-state index contributed by atoms with van der Waals surface area (Å²) in [5.74, 6) is 0.528. The van der Waals surface area contributed by atoms with Crippen LogP contribution in [0.1, 0.15) is 37.6 Å². The van der Waals surface area contributed by atoms with Crippen LogP contribution >= 0.6 is 0 Å². The molecule has 1 aromatic heterocycles. The van der Waals surface area contributed by atoms with Crippen molar-refractivity contribution in [1.29, 1.82) is 0 Å². The van der Waals surface area contributed by atoms with Gasteiger partial charge in [0.25, 0.3) is 0 Å². The predicted octanol–water partition coefficient (Wildman–Crippen LogP) is 2.25. The van der Waals surface area contributed by atoms with Crippen LogP contribution in [-0.2, 0) is 4.74 Å². The fourth-order valence-corrected chi connectivity index (χ4v) is 1.42. The molecular formula is C10H18N2O. The van der Waals surface area contributed by atoms with E-state index in [0.717, 1.165) is 31.0 Å². The summed E-state index contributed by atoms with van der Waals surface area (Å²) < 4.78 is 5.27. The summed E-state index contributed by atoms with van der Waals surface area (Å²) >= 11 is 0. The molecule has 3 heteroatoms. The molecule has 1 unspecified atom stereocenters. The number of aromatic amines is 1. The van der Waals surface area contributed by atoms with Crippen LogP contribution in [0, 0.1) is 6.92 Å². The Morgan fingerprint density at radius 1 is 1.54 bits per heavy atom. The minimum atomic E-state index is 0.528. The van der Waals surface area contributed by atoms with E-state index in [4.69, 9.17) is 4.74 Å². The Bertz CT molecular complexity index is 239. The van der Waals surface area contributed by atoms with Crippen molar-refractivity contribution >= 4 is 0 Å². The SMILES string of the molecule is CC.Cc1cc(C2CCOC2)n[nH]1. The highest BCUT2D eigenvalue weighted by Gasteiger charge is 2.19. The first-order valence-electron chi connectivity index (χ1n) is 4.96. The number of hydrogen-bond donors (Lipinski definition) is 1. The highest BCUT2D eigenvalue weighted by molar-refractivity contribution is 5.12. The number of aromatic nitrogens is 2. The fraction of sp³-hybridized carbons (Fsp3) is 0.700. The lowest BCUT2D eigenvalue weighted by atomic mass is 10.1. The lowest BCUT2D eigenvalue weighted by Crippen LogP contribution is -1.97. The molecular weight excluding hydrogens is 164 g/mol. The molecule has 0 aromatic carbocycles. The maximum absolute atomic E-state index is 5.27. The van der Waals surface area contributed by atoms with Crippen LogP contribution in [0.25, 0.3) is 0 Å². The molecule has 1 fully saturated rings. The van der Waals surface area contributed by atoms with E-state index in [2.05, 4.69) is 16.3 Å². The standard InChI is InChI=1S/C8H12N2O.C2H6/c1-6-4-8(10-9-6)7-2-3-11-5-7;1-2/h4,7H,2-3,5H2,1H3,(H,9,10);1-2H3. The summed E-state index contributed by atoms with van der Waals surface area (Å²) in [6, 6.07) is 2.10. The molecule has 1 atom stereocenters. The number of aryl methyl sites for hydroxylation is 1. The lowest BCUT2D eigenvalue weighted by Gasteiger charge is -1.99. The van der Waals surface area contributed by atoms with Crippen molar-refractivity contribution in [1.82, 2.24) is 10.2 Å². The second kappa shape index (κ2) is 5.02. The molecule has 1 N–H and O–H groups in total. The smallest absolute Gasteiger partial charge is 0.0679 e. The summed E-state index contributed by atoms with van der Waals surface area (Å²) in [6.07, 6.45) is 1.12. The van der Waals surface area contributed by atoms with Crippen molar-refractivity contribution in [2.75, 3.05) is 13.2 Å². The maximum atomic E-state index is 5.27. The Kier molecular flexibility index (Phi) is 3.96. The van der Waals surface area contributed by atoms with Crippen LogP contribution in [0.2, 0.25) is 0 Å². The first-order chi connectivity index (χ1) is 6.36. The van der Waals surface area contributed by atoms with Gasteiger partial charge >= 0.3 is 0 Å². The third-order valence-electron chi connectivity index (χ3n) is 2.07. The summed E-state index contributed by atoms with van der Waals surface area (Å²) in [7, 11) is 0. The van der Waals surface area contributed by atoms with Crippen molar-refractivity contribution in [2.24, 2.45) is 0 Å². The minimum absolute atomic E-state index is 0.528. The van der Waals surface area contributed by atoms with Gasteiger partial charge in [-0.1, -0.05) is 13.8 Å². The van der Waals surface area contributed by atoms with Crippen molar-refractivity contribution < 1.29 is 4.74 Å². The summed E-state index contributed by atoms with van der Waals surface area (Å²) in [4.78, 5) is 0. The second-order valence-corrected chi connectivity index (χ2v) is 3.04. The molecule has 2 rings (SSSR count). The second-order valence-electron chi connectivity index (χ2n) is 3.04. The lowest BCUT2D eigenvalue weighted by molar-refractivity contribution is 0.193. The van der Waals surface area contributed by atoms with Gasteiger partial charge in [-0.15, -0.1) is 0 Å². The third-order valence-corrected chi connectivity index (χ3v) is 2.07. The third kappa shape index (κ3) is 2.56. The monoisotopic (exact) mass is 182 g/mol. The largest absolute Gasteiger partial charge is 0.381 e.